The highest BCUT2D eigenvalue weighted by Gasteiger charge is 2.08. The van der Waals surface area contributed by atoms with E-state index in [1.54, 1.807) is 0 Å². The number of H-pyrrole nitrogens is 1. The van der Waals surface area contributed by atoms with Crippen LogP contribution in [0.4, 0.5) is 16.2 Å². The Morgan fingerprint density at radius 1 is 0.931 bits per heavy atom. The fourth-order valence-electron chi connectivity index (χ4n) is 3.10. The number of aromatic nitrogens is 4. The van der Waals surface area contributed by atoms with Crippen molar-refractivity contribution in [1.82, 2.24) is 20.6 Å². The molecule has 7 nitrogen and oxygen atoms in total. The summed E-state index contributed by atoms with van der Waals surface area (Å²) in [6.07, 6.45) is 0.535. The molecule has 0 saturated carbocycles. The Labute approximate surface area is 168 Å². The molecule has 0 bridgehead atoms. The summed E-state index contributed by atoms with van der Waals surface area (Å²) in [7, 11) is 0. The summed E-state index contributed by atoms with van der Waals surface area (Å²) < 4.78 is 0. The number of carbonyl (C=O) groups is 1. The zero-order valence-corrected chi connectivity index (χ0v) is 15.9. The number of aromatic amines is 1. The zero-order valence-electron chi connectivity index (χ0n) is 15.9. The first-order chi connectivity index (χ1) is 14.2. The van der Waals surface area contributed by atoms with Gasteiger partial charge in [-0.15, -0.1) is 10.2 Å². The monoisotopic (exact) mass is 384 g/mol. The minimum Gasteiger partial charge on any atom is -0.308 e. The molecule has 4 rings (SSSR count). The summed E-state index contributed by atoms with van der Waals surface area (Å²) in [6.45, 7) is 1.98. The molecule has 0 radical (unpaired) electrons. The lowest BCUT2D eigenvalue weighted by atomic mass is 10.0. The molecule has 0 aliphatic heterocycles. The van der Waals surface area contributed by atoms with E-state index in [0.717, 1.165) is 27.9 Å². The van der Waals surface area contributed by atoms with Crippen LogP contribution < -0.4 is 10.6 Å². The second kappa shape index (κ2) is 8.35. The molecular formula is C22H20N6O. The van der Waals surface area contributed by atoms with E-state index in [-0.39, 0.29) is 6.03 Å². The molecule has 0 saturated heterocycles. The van der Waals surface area contributed by atoms with E-state index in [9.17, 15) is 4.79 Å². The van der Waals surface area contributed by atoms with Crippen molar-refractivity contribution in [3.05, 3.63) is 89.7 Å². The quantitative estimate of drug-likeness (QED) is 0.475. The number of hydrogen-bond acceptors (Lipinski definition) is 4. The molecule has 7 heteroatoms. The number of urea groups is 1. The Kier molecular flexibility index (Phi) is 5.29. The van der Waals surface area contributed by atoms with Gasteiger partial charge in [0.1, 0.15) is 0 Å². The highest BCUT2D eigenvalue weighted by molar-refractivity contribution is 6.00. The van der Waals surface area contributed by atoms with E-state index < -0.39 is 0 Å². The number of nitrogens with one attached hydrogen (secondary N) is 3. The standard InChI is InChI=1S/C22H20N6O/c1-15-12-18(17-7-3-2-4-8-17)10-11-20(15)24-22(29)23-19-9-5-6-16(13-19)14-21-25-27-28-26-21/h2-13H,14H2,1H3,(H2,23,24,29)(H,25,26,27,28). The van der Waals surface area contributed by atoms with Gasteiger partial charge >= 0.3 is 6.03 Å². The summed E-state index contributed by atoms with van der Waals surface area (Å²) in [4.78, 5) is 12.5. The van der Waals surface area contributed by atoms with Crippen molar-refractivity contribution in [3.8, 4) is 11.1 Å². The van der Waals surface area contributed by atoms with Gasteiger partial charge in [-0.05, 0) is 53.4 Å². The van der Waals surface area contributed by atoms with Gasteiger partial charge in [-0.2, -0.15) is 5.21 Å². The SMILES string of the molecule is Cc1cc(-c2ccccc2)ccc1NC(=O)Nc1cccc(Cc2nn[nH]n2)c1. The minimum atomic E-state index is -0.294. The number of amides is 2. The highest BCUT2D eigenvalue weighted by Crippen LogP contribution is 2.25. The van der Waals surface area contributed by atoms with E-state index in [0.29, 0.717) is 17.9 Å². The fourth-order valence-corrected chi connectivity index (χ4v) is 3.10. The van der Waals surface area contributed by atoms with Crippen molar-refractivity contribution >= 4 is 17.4 Å². The third kappa shape index (κ3) is 4.65. The molecule has 1 aromatic heterocycles. The Morgan fingerprint density at radius 2 is 1.79 bits per heavy atom. The van der Waals surface area contributed by atoms with Gasteiger partial charge in [0.25, 0.3) is 0 Å². The van der Waals surface area contributed by atoms with Gasteiger partial charge in [0.2, 0.25) is 0 Å². The smallest absolute Gasteiger partial charge is 0.308 e. The lowest BCUT2D eigenvalue weighted by Gasteiger charge is -2.12. The second-order valence-corrected chi connectivity index (χ2v) is 6.68. The maximum Gasteiger partial charge on any atom is 0.323 e. The van der Waals surface area contributed by atoms with E-state index in [2.05, 4.69) is 49.5 Å². The Bertz CT molecular complexity index is 1110. The molecule has 29 heavy (non-hydrogen) atoms. The van der Waals surface area contributed by atoms with E-state index in [4.69, 9.17) is 0 Å². The van der Waals surface area contributed by atoms with Crippen LogP contribution in [0.5, 0.6) is 0 Å². The molecule has 0 unspecified atom stereocenters. The first kappa shape index (κ1) is 18.4. The zero-order chi connectivity index (χ0) is 20.1. The number of nitrogens with zero attached hydrogens (tertiary/aromatic N) is 3. The average molecular weight is 384 g/mol. The number of anilines is 2. The van der Waals surface area contributed by atoms with Crippen molar-refractivity contribution in [2.45, 2.75) is 13.3 Å². The molecule has 144 valence electrons. The predicted octanol–water partition coefficient (Wildman–Crippen LogP) is 4.41. The number of aryl methyl sites for hydroxylation is 1. The van der Waals surface area contributed by atoms with Gasteiger partial charge in [-0.3, -0.25) is 0 Å². The average Bonchev–Trinajstić information content (AvgIpc) is 3.23. The van der Waals surface area contributed by atoms with Crippen LogP contribution in [0, 0.1) is 6.92 Å². The minimum absolute atomic E-state index is 0.294. The molecule has 2 amide bonds. The van der Waals surface area contributed by atoms with Crippen molar-refractivity contribution in [2.75, 3.05) is 10.6 Å². The van der Waals surface area contributed by atoms with Crippen LogP contribution in [0.3, 0.4) is 0 Å². The van der Waals surface area contributed by atoms with Gasteiger partial charge in [-0.1, -0.05) is 53.7 Å². The molecule has 0 spiro atoms. The van der Waals surface area contributed by atoms with Crippen LogP contribution in [0.25, 0.3) is 11.1 Å². The maximum absolute atomic E-state index is 12.5. The maximum atomic E-state index is 12.5. The molecule has 0 aliphatic rings. The van der Waals surface area contributed by atoms with E-state index in [1.165, 1.54) is 0 Å². The molecule has 4 aromatic rings. The third-order valence-corrected chi connectivity index (χ3v) is 4.52. The molecule has 1 heterocycles. The van der Waals surface area contributed by atoms with Crippen molar-refractivity contribution < 1.29 is 4.79 Å². The number of tetrazole rings is 1. The highest BCUT2D eigenvalue weighted by atomic mass is 16.2. The summed E-state index contributed by atoms with van der Waals surface area (Å²) in [5.74, 6) is 0.598. The van der Waals surface area contributed by atoms with Crippen molar-refractivity contribution in [3.63, 3.8) is 0 Å². The predicted molar refractivity (Wildman–Crippen MR) is 113 cm³/mol. The van der Waals surface area contributed by atoms with Crippen LogP contribution in [0.2, 0.25) is 0 Å². The van der Waals surface area contributed by atoms with Crippen LogP contribution in [0.1, 0.15) is 17.0 Å². The molecule has 3 N–H and O–H groups in total. The molecular weight excluding hydrogens is 364 g/mol. The van der Waals surface area contributed by atoms with Gasteiger partial charge in [0.05, 0.1) is 0 Å². The van der Waals surface area contributed by atoms with Crippen molar-refractivity contribution in [2.24, 2.45) is 0 Å². The molecule has 0 aliphatic carbocycles. The number of hydrogen-bond donors (Lipinski definition) is 3. The normalized spacial score (nSPS) is 10.5. The lowest BCUT2D eigenvalue weighted by molar-refractivity contribution is 0.262. The topological polar surface area (TPSA) is 95.6 Å². The van der Waals surface area contributed by atoms with Gasteiger partial charge in [0, 0.05) is 17.8 Å². The van der Waals surface area contributed by atoms with E-state index >= 15 is 0 Å². The van der Waals surface area contributed by atoms with Gasteiger partial charge in [0.15, 0.2) is 5.82 Å². The molecule has 0 atom stereocenters. The Hall–Kier alpha value is -4.00. The Morgan fingerprint density at radius 3 is 2.55 bits per heavy atom. The summed E-state index contributed by atoms with van der Waals surface area (Å²) >= 11 is 0. The largest absolute Gasteiger partial charge is 0.323 e. The van der Waals surface area contributed by atoms with Crippen LogP contribution >= 0.6 is 0 Å². The van der Waals surface area contributed by atoms with Gasteiger partial charge < -0.3 is 10.6 Å². The van der Waals surface area contributed by atoms with Crippen molar-refractivity contribution in [1.29, 1.82) is 0 Å². The summed E-state index contributed by atoms with van der Waals surface area (Å²) in [6, 6.07) is 23.4. The lowest BCUT2D eigenvalue weighted by Crippen LogP contribution is -2.20. The van der Waals surface area contributed by atoms with Crippen LogP contribution in [0.15, 0.2) is 72.8 Å². The summed E-state index contributed by atoms with van der Waals surface area (Å²) in [5.41, 5.74) is 5.69. The number of rotatable bonds is 5. The Balaban J connectivity index is 1.42. The third-order valence-electron chi connectivity index (χ3n) is 4.52. The molecule has 3 aromatic carbocycles. The first-order valence-corrected chi connectivity index (χ1v) is 9.23. The second-order valence-electron chi connectivity index (χ2n) is 6.68. The van der Waals surface area contributed by atoms with Gasteiger partial charge in [-0.25, -0.2) is 4.79 Å². The van der Waals surface area contributed by atoms with Crippen LogP contribution in [-0.2, 0) is 6.42 Å². The van der Waals surface area contributed by atoms with Crippen LogP contribution in [-0.4, -0.2) is 26.7 Å². The summed E-state index contributed by atoms with van der Waals surface area (Å²) in [5, 5.41) is 19.7. The fraction of sp³-hybridized carbons (Fsp3) is 0.0909. The number of benzene rings is 3. The van der Waals surface area contributed by atoms with E-state index in [1.807, 2.05) is 61.5 Å². The number of carbonyl (C=O) groups excluding carboxylic acids is 1. The first-order valence-electron chi connectivity index (χ1n) is 9.23. The molecule has 0 fully saturated rings.